The fourth-order valence-corrected chi connectivity index (χ4v) is 16.2. The van der Waals surface area contributed by atoms with E-state index in [0.717, 1.165) is 47.8 Å². The summed E-state index contributed by atoms with van der Waals surface area (Å²) in [5, 5.41) is 24.4. The topological polar surface area (TPSA) is 129 Å². The molecule has 0 fully saturated rings. The summed E-state index contributed by atoms with van der Waals surface area (Å²) in [4.78, 5) is 18.4. The Morgan fingerprint density at radius 2 is 0.882 bits per heavy atom. The number of aryl methyl sites for hydroxylation is 3. The van der Waals surface area contributed by atoms with Crippen molar-refractivity contribution in [2.45, 2.75) is 53.9 Å². The number of nitrogens with two attached hydrogens (primary N) is 1. The van der Waals surface area contributed by atoms with Gasteiger partial charge in [0.15, 0.2) is 5.78 Å². The molecular weight excluding hydrogens is 1710 g/mol. The number of hydrogen-bond donors (Lipinski definition) is 6. The molecule has 0 atom stereocenters. The van der Waals surface area contributed by atoms with E-state index in [-0.39, 0.29) is 46.3 Å². The maximum atomic E-state index is 11.3. The van der Waals surface area contributed by atoms with Gasteiger partial charge in [-0.15, -0.1) is 24.8 Å². The van der Waals surface area contributed by atoms with Crippen LogP contribution in [0.4, 0.5) is 10.1 Å². The van der Waals surface area contributed by atoms with E-state index < -0.39 is 7.15 Å². The van der Waals surface area contributed by atoms with Gasteiger partial charge < -0.3 is 29.6 Å². The van der Waals surface area contributed by atoms with E-state index in [0.29, 0.717) is 5.78 Å². The number of nitrogen functional groups attached to an aromatic ring is 1. The number of hydrazine groups is 1. The molecular formula is C103H98BBrCl2FIN7O2S. The first-order valence-electron chi connectivity index (χ1n) is 39.8. The fraction of sp³-hybridized carbons (Fsp3) is 0.0971. The number of H-pyrrole nitrogens is 2. The van der Waals surface area contributed by atoms with Crippen LogP contribution >= 0.6 is 76.1 Å². The van der Waals surface area contributed by atoms with Crippen LogP contribution in [0.3, 0.4) is 0 Å². The van der Waals surface area contributed by atoms with E-state index in [2.05, 4.69) is 385 Å². The zero-order valence-electron chi connectivity index (χ0n) is 67.4. The first-order valence-corrected chi connectivity index (χ1v) is 40.4. The molecule has 1 radical (unpaired) electrons. The maximum Gasteiger partial charge on any atom is 0.0619 e. The van der Waals surface area contributed by atoms with Crippen LogP contribution in [0.1, 0.15) is 66.0 Å². The van der Waals surface area contributed by atoms with Crippen LogP contribution in [0.5, 0.6) is 0 Å². The van der Waals surface area contributed by atoms with E-state index in [1.54, 1.807) is 6.92 Å². The average Bonchev–Trinajstić information content (AvgIpc) is 1.59. The minimum Gasteiger partial charge on any atom is -0.354 e. The number of hydrogen-bond acceptors (Lipinski definition) is 6. The van der Waals surface area contributed by atoms with Gasteiger partial charge in [0.2, 0.25) is 0 Å². The van der Waals surface area contributed by atoms with Crippen LogP contribution in [0, 0.1) is 3.57 Å². The number of fused-ring (bicyclic) bond motifs is 21. The van der Waals surface area contributed by atoms with Gasteiger partial charge in [-0.1, -0.05) is 322 Å². The molecule has 2 aliphatic rings. The number of rotatable bonds is 3. The SMILES string of the molecule is Brc1cc2c3ccccc3n(-c3ccccc3)c2c2ccccc12.C.C.CCO.Cl.Cl.Ic1ccccc1.NNc1ccccc1.O=C1CCCc2ccccc21.[2H]CF.[2H][2H].[B]=NS.c1ccc(-n2c3ccccc3c3ccc4ccccc4c32)cc1.c1ccc2c(c1)CCc1c-2[nH]c2ccccc12.c1ccc2c(c1)ccc1c3ccccc3[nH]c21. The summed E-state index contributed by atoms with van der Waals surface area (Å²) in [6.07, 6.45) is 5.14. The van der Waals surface area contributed by atoms with Crippen LogP contribution in [-0.2, 0) is 19.3 Å². The largest absolute Gasteiger partial charge is 0.354 e. The maximum absolute atomic E-state index is 11.3. The molecule has 16 aromatic carbocycles. The second kappa shape index (κ2) is 45.5. The molecule has 6 N–H and O–H groups in total. The van der Waals surface area contributed by atoms with E-state index in [1.165, 1.54) is 152 Å². The summed E-state index contributed by atoms with van der Waals surface area (Å²) >= 11 is 9.23. The molecule has 119 heavy (non-hydrogen) atoms. The van der Waals surface area contributed by atoms with Crippen molar-refractivity contribution in [1.82, 2.24) is 19.1 Å². The first kappa shape index (κ1) is 88.4. The molecule has 0 aliphatic heterocycles. The zero-order chi connectivity index (χ0) is 82.5. The molecule has 22 rings (SSSR count). The monoisotopic (exact) mass is 1810 g/mol. The number of carbonyl (C=O) groups is 1. The number of Topliss-reactive ketones (excluding diaryl/α,β-unsaturated/α-hetero) is 1. The van der Waals surface area contributed by atoms with E-state index in [4.69, 9.17) is 15.3 Å². The van der Waals surface area contributed by atoms with Crippen LogP contribution in [0.25, 0.3) is 131 Å². The van der Waals surface area contributed by atoms with E-state index in [1.807, 2.05) is 72.8 Å². The molecule has 0 saturated heterocycles. The van der Waals surface area contributed by atoms with Gasteiger partial charge in [-0.3, -0.25) is 15.0 Å². The van der Waals surface area contributed by atoms with Crippen LogP contribution in [0.15, 0.2) is 379 Å². The Hall–Kier alpha value is -11.4. The van der Waals surface area contributed by atoms with Crippen molar-refractivity contribution in [3.8, 4) is 22.6 Å². The number of nitrogens with one attached hydrogen (secondary N) is 3. The Morgan fingerprint density at radius 3 is 1.42 bits per heavy atom. The molecule has 0 bridgehead atoms. The minimum absolute atomic E-state index is 0. The van der Waals surface area contributed by atoms with Crippen molar-refractivity contribution < 1.29 is 18.6 Å². The number of nitrogens with zero attached hydrogens (tertiary/aromatic N) is 3. The number of anilines is 1. The van der Waals surface area contributed by atoms with Gasteiger partial charge in [-0.2, -0.15) is 0 Å². The number of halogens is 5. The number of ketones is 1. The molecule has 4 heterocycles. The molecule has 0 spiro atoms. The summed E-state index contributed by atoms with van der Waals surface area (Å²) in [5.41, 5.74) is 22.4. The van der Waals surface area contributed by atoms with Crippen molar-refractivity contribution in [2.75, 3.05) is 19.2 Å². The van der Waals surface area contributed by atoms with E-state index in [9.17, 15) is 9.18 Å². The predicted molar refractivity (Wildman–Crippen MR) is 533 cm³/mol. The van der Waals surface area contributed by atoms with Gasteiger partial charge in [0, 0.05) is 123 Å². The zero-order valence-corrected chi connectivity index (χ0v) is 70.7. The molecule has 16 heteroatoms. The van der Waals surface area contributed by atoms with E-state index >= 15 is 0 Å². The van der Waals surface area contributed by atoms with Crippen molar-refractivity contribution in [3.63, 3.8) is 0 Å². The van der Waals surface area contributed by atoms with Crippen molar-refractivity contribution >= 4 is 204 Å². The fourth-order valence-electron chi connectivity index (χ4n) is 15.3. The van der Waals surface area contributed by atoms with Gasteiger partial charge in [0.05, 0.1) is 36.1 Å². The Labute approximate surface area is 741 Å². The molecule has 4 aromatic heterocycles. The quantitative estimate of drug-likeness (QED) is 0.0346. The third kappa shape index (κ3) is 21.2. The summed E-state index contributed by atoms with van der Waals surface area (Å²) in [6.45, 7) is 1.93. The summed E-state index contributed by atoms with van der Waals surface area (Å²) in [7, 11) is 3.34. The Morgan fingerprint density at radius 1 is 0.487 bits per heavy atom. The predicted octanol–water partition coefficient (Wildman–Crippen LogP) is 29.6. The number of carbonyl (C=O) groups excluding carboxylic acids is 1. The van der Waals surface area contributed by atoms with Gasteiger partial charge in [-0.25, -0.2) is 0 Å². The van der Waals surface area contributed by atoms with Crippen molar-refractivity contribution in [1.29, 1.82) is 0 Å². The molecule has 9 nitrogen and oxygen atoms in total. The third-order valence-electron chi connectivity index (χ3n) is 20.2. The Balaban J connectivity index is 0.000000177. The molecule has 2 aliphatic carbocycles. The number of aliphatic hydroxyl groups excluding tert-OH is 1. The normalized spacial score (nSPS) is 11.2. The number of benzene rings is 16. The molecule has 0 saturated carbocycles. The molecule has 601 valence electrons. The first-order chi connectivity index (χ1) is 58.1. The summed E-state index contributed by atoms with van der Waals surface area (Å²) in [6, 6.07) is 129. The molecule has 0 unspecified atom stereocenters. The smallest absolute Gasteiger partial charge is 0.0619 e. The average molecular weight is 1810 g/mol. The van der Waals surface area contributed by atoms with Crippen LogP contribution in [-0.4, -0.2) is 51.4 Å². The summed E-state index contributed by atoms with van der Waals surface area (Å²) < 4.78 is 35.4. The van der Waals surface area contributed by atoms with Crippen molar-refractivity contribution in [2.24, 2.45) is 10.1 Å². The number of alkyl halides is 1. The third-order valence-corrected chi connectivity index (χ3v) is 21.6. The number of para-hydroxylation sites is 7. The number of aromatic amines is 2. The second-order valence-electron chi connectivity index (χ2n) is 27.1. The van der Waals surface area contributed by atoms with Crippen LogP contribution < -0.4 is 11.3 Å². The molecule has 20 aromatic rings. The molecule has 0 amide bonds. The van der Waals surface area contributed by atoms with Gasteiger partial charge in [-0.05, 0) is 167 Å². The number of aromatic nitrogens is 4. The van der Waals surface area contributed by atoms with Gasteiger partial charge in [0.1, 0.15) is 0 Å². The number of thiol groups is 1. The summed E-state index contributed by atoms with van der Waals surface area (Å²) in [5.74, 6) is 5.41. The van der Waals surface area contributed by atoms with Crippen LogP contribution in [0.2, 0.25) is 0 Å². The van der Waals surface area contributed by atoms with Gasteiger partial charge >= 0.3 is 24.8 Å². The Kier molecular flexibility index (Phi) is 33.8. The second-order valence-corrected chi connectivity index (χ2v) is 29.4. The van der Waals surface area contributed by atoms with Gasteiger partial charge in [0.25, 0.3) is 0 Å². The standard InChI is InChI=1S/C22H14BrN.C22H15N.C16H13N.C16H11N.C10H10O.C6H5I.C6H8N2.C2H6O.CH3F.2CH4.BHNS.2ClH.H2/c23-20-14-19-17-11-6-7-13-21(17)24(15-8-2-1-3-9-15)22(19)18-12-5-4-10-16(18)20;1-2-9-17(10-3-1)23-21-13-7-6-12-19(21)20-15-14-16-8-4-5-11-18(16)22(20)23;2*1-2-6-12-11(5-1)9-10-14-13-7-3-4-8-15(13)17-16(12)14;11-10-7-3-5-8-4-1-2-6-9(8)10;7-6-4-2-1-3-5-6;7-8-6-4-2-1-3-5-6;1-2-3;1-2;;;1-2-3;;;/h1-14H;1-15H;1-8,17H,9-10H2;1-10,17H;1-2,4,6H,3,5,7H2;1-5H;1-5,8H,7H2;3H,2H2,1H3;1H3;2*1H4;3H;3*1H/i;;;;;;;;1D;;;;;;1+1D. The minimum atomic E-state index is -1.00. The number of aliphatic hydroxyl groups is 1. The van der Waals surface area contributed by atoms with Crippen molar-refractivity contribution in [3.05, 3.63) is 400 Å². The Bertz CT molecular complexity index is 6690.